The summed E-state index contributed by atoms with van der Waals surface area (Å²) >= 11 is 6.34. The van der Waals surface area contributed by atoms with Gasteiger partial charge in [-0.1, -0.05) is 32.4 Å². The predicted molar refractivity (Wildman–Crippen MR) is 79.4 cm³/mol. The maximum Gasteiger partial charge on any atom is 0.147 e. The minimum absolute atomic E-state index is 0.757. The highest BCUT2D eigenvalue weighted by Crippen LogP contribution is 2.24. The highest BCUT2D eigenvalue weighted by Gasteiger charge is 2.11. The fraction of sp³-hybridized carbons (Fsp3) is 0.643. The van der Waals surface area contributed by atoms with Crippen molar-refractivity contribution in [1.29, 1.82) is 0 Å². The van der Waals surface area contributed by atoms with Gasteiger partial charge in [0.15, 0.2) is 0 Å². The molecule has 0 aliphatic rings. The molecular weight excluding hydrogens is 246 g/mol. The molecule has 1 heterocycles. The van der Waals surface area contributed by atoms with Gasteiger partial charge in [-0.3, -0.25) is 0 Å². The van der Waals surface area contributed by atoms with E-state index in [9.17, 15) is 0 Å². The van der Waals surface area contributed by atoms with Crippen LogP contribution in [0.5, 0.6) is 0 Å². The molecule has 0 aliphatic heterocycles. The molecule has 0 atom stereocenters. The first-order chi connectivity index (χ1) is 8.72. The number of pyridine rings is 1. The van der Waals surface area contributed by atoms with E-state index < -0.39 is 0 Å². The second kappa shape index (κ2) is 8.33. The molecule has 0 radical (unpaired) electrons. The molecule has 0 fully saturated rings. The average Bonchev–Trinajstić information content (AvgIpc) is 2.36. The van der Waals surface area contributed by atoms with Crippen LogP contribution in [0.4, 0.5) is 5.82 Å². The van der Waals surface area contributed by atoms with Gasteiger partial charge in [0.2, 0.25) is 0 Å². The monoisotopic (exact) mass is 269 g/mol. The molecule has 0 aliphatic carbocycles. The Hall–Kier alpha value is -0.800. The summed E-state index contributed by atoms with van der Waals surface area (Å²) in [6.07, 6.45) is 4.14. The number of halogens is 1. The minimum atomic E-state index is 0.757. The van der Waals surface area contributed by atoms with Gasteiger partial charge in [0.25, 0.3) is 0 Å². The molecule has 3 nitrogen and oxygen atoms in total. The lowest BCUT2D eigenvalue weighted by Crippen LogP contribution is -2.26. The number of nitrogens with zero attached hydrogens (tertiary/aromatic N) is 2. The van der Waals surface area contributed by atoms with Crippen molar-refractivity contribution in [1.82, 2.24) is 10.3 Å². The molecule has 0 amide bonds. The second-order valence-electron chi connectivity index (χ2n) is 4.42. The summed E-state index contributed by atoms with van der Waals surface area (Å²) in [5, 5.41) is 4.04. The number of hydrogen-bond acceptors (Lipinski definition) is 3. The molecule has 0 bridgehead atoms. The van der Waals surface area contributed by atoms with Crippen LogP contribution in [-0.4, -0.2) is 24.6 Å². The van der Waals surface area contributed by atoms with Crippen LogP contribution in [0.15, 0.2) is 12.3 Å². The molecular formula is C14H24ClN3. The Bertz CT molecular complexity index is 349. The van der Waals surface area contributed by atoms with Gasteiger partial charge in [-0.2, -0.15) is 0 Å². The van der Waals surface area contributed by atoms with Crippen LogP contribution < -0.4 is 10.2 Å². The van der Waals surface area contributed by atoms with E-state index >= 15 is 0 Å². The zero-order valence-corrected chi connectivity index (χ0v) is 12.4. The lowest BCUT2D eigenvalue weighted by molar-refractivity contribution is 0.717. The summed E-state index contributed by atoms with van der Waals surface area (Å²) in [5.74, 6) is 0.917. The Kier molecular flexibility index (Phi) is 7.06. The summed E-state index contributed by atoms with van der Waals surface area (Å²) < 4.78 is 0. The quantitative estimate of drug-likeness (QED) is 0.783. The van der Waals surface area contributed by atoms with E-state index in [0.29, 0.717) is 0 Å². The number of anilines is 1. The van der Waals surface area contributed by atoms with E-state index in [1.165, 1.54) is 0 Å². The van der Waals surface area contributed by atoms with Gasteiger partial charge in [0.05, 0.1) is 5.02 Å². The zero-order chi connectivity index (χ0) is 13.4. The Morgan fingerprint density at radius 3 is 2.39 bits per heavy atom. The number of hydrogen-bond donors (Lipinski definition) is 1. The average molecular weight is 270 g/mol. The van der Waals surface area contributed by atoms with E-state index in [0.717, 1.165) is 55.4 Å². The van der Waals surface area contributed by atoms with Crippen LogP contribution in [0.25, 0.3) is 0 Å². The summed E-state index contributed by atoms with van der Waals surface area (Å²) in [6, 6.07) is 2.02. The topological polar surface area (TPSA) is 28.2 Å². The van der Waals surface area contributed by atoms with E-state index in [1.54, 1.807) is 0 Å². The third-order valence-corrected chi connectivity index (χ3v) is 3.02. The van der Waals surface area contributed by atoms with Crippen molar-refractivity contribution in [2.75, 3.05) is 24.5 Å². The van der Waals surface area contributed by atoms with Crippen LogP contribution in [0, 0.1) is 0 Å². The van der Waals surface area contributed by atoms with E-state index in [4.69, 9.17) is 11.6 Å². The highest BCUT2D eigenvalue weighted by atomic mass is 35.5. The van der Waals surface area contributed by atoms with Crippen molar-refractivity contribution in [3.63, 3.8) is 0 Å². The van der Waals surface area contributed by atoms with Crippen LogP contribution in [-0.2, 0) is 6.54 Å². The molecule has 4 heteroatoms. The minimum Gasteiger partial charge on any atom is -0.355 e. The fourth-order valence-electron chi connectivity index (χ4n) is 1.93. The third kappa shape index (κ3) is 4.46. The molecule has 0 saturated heterocycles. The summed E-state index contributed by atoms with van der Waals surface area (Å²) in [6.45, 7) is 10.2. The SMILES string of the molecule is CCCN(CCC)c1ncc(CNCC)cc1Cl. The second-order valence-corrected chi connectivity index (χ2v) is 4.82. The molecule has 0 aromatic carbocycles. The van der Waals surface area contributed by atoms with E-state index in [-0.39, 0.29) is 0 Å². The van der Waals surface area contributed by atoms with Crippen LogP contribution in [0.2, 0.25) is 5.02 Å². The Morgan fingerprint density at radius 2 is 1.89 bits per heavy atom. The first-order valence-electron chi connectivity index (χ1n) is 6.82. The highest BCUT2D eigenvalue weighted by molar-refractivity contribution is 6.33. The normalized spacial score (nSPS) is 10.7. The van der Waals surface area contributed by atoms with Gasteiger partial charge in [-0.05, 0) is 31.0 Å². The van der Waals surface area contributed by atoms with Gasteiger partial charge in [-0.15, -0.1) is 0 Å². The Morgan fingerprint density at radius 1 is 1.22 bits per heavy atom. The van der Waals surface area contributed by atoms with Gasteiger partial charge in [0, 0.05) is 25.8 Å². The third-order valence-electron chi connectivity index (χ3n) is 2.74. The molecule has 1 rings (SSSR count). The number of nitrogens with one attached hydrogen (secondary N) is 1. The first kappa shape index (κ1) is 15.3. The molecule has 102 valence electrons. The molecule has 1 aromatic heterocycles. The first-order valence-corrected chi connectivity index (χ1v) is 7.20. The van der Waals surface area contributed by atoms with Gasteiger partial charge < -0.3 is 10.2 Å². The van der Waals surface area contributed by atoms with E-state index in [1.807, 2.05) is 12.3 Å². The van der Waals surface area contributed by atoms with Gasteiger partial charge in [0.1, 0.15) is 5.82 Å². The van der Waals surface area contributed by atoms with Crippen molar-refractivity contribution in [3.05, 3.63) is 22.8 Å². The molecule has 0 saturated carbocycles. The number of aromatic nitrogens is 1. The van der Waals surface area contributed by atoms with Crippen molar-refractivity contribution in [2.45, 2.75) is 40.2 Å². The van der Waals surface area contributed by atoms with E-state index in [2.05, 4.69) is 36.0 Å². The molecule has 0 unspecified atom stereocenters. The zero-order valence-electron chi connectivity index (χ0n) is 11.7. The molecule has 1 N–H and O–H groups in total. The molecule has 0 spiro atoms. The van der Waals surface area contributed by atoms with Crippen molar-refractivity contribution in [2.24, 2.45) is 0 Å². The molecule has 1 aromatic rings. The largest absolute Gasteiger partial charge is 0.355 e. The van der Waals surface area contributed by atoms with Crippen LogP contribution in [0.1, 0.15) is 39.2 Å². The van der Waals surface area contributed by atoms with Crippen molar-refractivity contribution >= 4 is 17.4 Å². The Labute approximate surface area is 116 Å². The summed E-state index contributed by atoms with van der Waals surface area (Å²) in [4.78, 5) is 6.79. The maximum absolute atomic E-state index is 6.34. The van der Waals surface area contributed by atoms with Gasteiger partial charge in [-0.25, -0.2) is 4.98 Å². The van der Waals surface area contributed by atoms with Crippen molar-refractivity contribution in [3.8, 4) is 0 Å². The van der Waals surface area contributed by atoms with Crippen LogP contribution in [0.3, 0.4) is 0 Å². The smallest absolute Gasteiger partial charge is 0.147 e. The lowest BCUT2D eigenvalue weighted by atomic mass is 10.2. The number of rotatable bonds is 8. The summed E-state index contributed by atoms with van der Waals surface area (Å²) in [5.41, 5.74) is 1.14. The fourth-order valence-corrected chi connectivity index (χ4v) is 2.24. The summed E-state index contributed by atoms with van der Waals surface area (Å²) in [7, 11) is 0. The van der Waals surface area contributed by atoms with Crippen molar-refractivity contribution < 1.29 is 0 Å². The van der Waals surface area contributed by atoms with Gasteiger partial charge >= 0.3 is 0 Å². The standard InChI is InChI=1S/C14H24ClN3/c1-4-7-18(8-5-2)14-13(15)9-12(11-17-14)10-16-6-3/h9,11,16H,4-8,10H2,1-3H3. The maximum atomic E-state index is 6.34. The Balaban J connectivity index is 2.81. The van der Waals surface area contributed by atoms with Crippen LogP contribution >= 0.6 is 11.6 Å². The lowest BCUT2D eigenvalue weighted by Gasteiger charge is -2.23. The molecule has 18 heavy (non-hydrogen) atoms. The predicted octanol–water partition coefficient (Wildman–Crippen LogP) is 3.47.